The van der Waals surface area contributed by atoms with Crippen LogP contribution in [0.25, 0.3) is 27.5 Å². The molecule has 8 heteroatoms. The molecule has 1 aliphatic rings. The first-order valence-electron chi connectivity index (χ1n) is 11.0. The number of aryl methyl sites for hydroxylation is 1. The van der Waals surface area contributed by atoms with Gasteiger partial charge in [-0.2, -0.15) is 5.10 Å². The second-order valence-electron chi connectivity index (χ2n) is 9.39. The lowest BCUT2D eigenvalue weighted by molar-refractivity contribution is -0.157. The fourth-order valence-corrected chi connectivity index (χ4v) is 5.08. The Bertz CT molecular complexity index is 1420. The number of carboxylic acids is 1. The molecule has 0 radical (unpaired) electrons. The van der Waals surface area contributed by atoms with E-state index in [0.717, 1.165) is 16.9 Å². The molecular formula is C25H25F2N3O3. The van der Waals surface area contributed by atoms with Crippen molar-refractivity contribution in [3.05, 3.63) is 58.9 Å². The number of ether oxygens (including phenoxy) is 1. The molecule has 1 saturated heterocycles. The van der Waals surface area contributed by atoms with Gasteiger partial charge in [0.05, 0.1) is 18.3 Å². The number of nitrogens with one attached hydrogen (secondary N) is 1. The standard InChI is InChI=1S/C25H25F2N3O3/c1-12(2)23-19(15-9-25(4,24(31)32)33-11-15)20-18(8-14-10-28-29-22(14)21(20)27)30(23)16-5-6-17(26)13(3)7-16/h5-8,10,12,15H,9,11H2,1-4H3,(H,28,29)(H,31,32)/t15?,25-/m1/s1. The van der Waals surface area contributed by atoms with Crippen molar-refractivity contribution >= 4 is 27.8 Å². The first kappa shape index (κ1) is 21.6. The highest BCUT2D eigenvalue weighted by atomic mass is 19.1. The summed E-state index contributed by atoms with van der Waals surface area (Å²) in [6, 6.07) is 6.71. The normalized spacial score (nSPS) is 21.0. The average molecular weight is 453 g/mol. The predicted octanol–water partition coefficient (Wildman–Crippen LogP) is 5.56. The fraction of sp³-hybridized carbons (Fsp3) is 0.360. The minimum Gasteiger partial charge on any atom is -0.479 e. The molecule has 2 aromatic heterocycles. The molecule has 5 rings (SSSR count). The van der Waals surface area contributed by atoms with Gasteiger partial charge in [-0.25, -0.2) is 13.6 Å². The third-order valence-corrected chi connectivity index (χ3v) is 6.73. The molecule has 172 valence electrons. The predicted molar refractivity (Wildman–Crippen MR) is 121 cm³/mol. The van der Waals surface area contributed by atoms with E-state index in [-0.39, 0.29) is 30.7 Å². The van der Waals surface area contributed by atoms with Gasteiger partial charge in [0.1, 0.15) is 11.3 Å². The molecule has 2 aromatic carbocycles. The summed E-state index contributed by atoms with van der Waals surface area (Å²) in [5.74, 6) is -2.12. The summed E-state index contributed by atoms with van der Waals surface area (Å²) in [6.45, 7) is 7.45. The molecule has 0 bridgehead atoms. The van der Waals surface area contributed by atoms with Crippen LogP contribution in [0.1, 0.15) is 55.8 Å². The van der Waals surface area contributed by atoms with Crippen LogP contribution in [0.3, 0.4) is 0 Å². The second kappa shape index (κ2) is 7.38. The molecular weight excluding hydrogens is 428 g/mol. The van der Waals surface area contributed by atoms with Crippen LogP contribution in [0.15, 0.2) is 30.5 Å². The van der Waals surface area contributed by atoms with Crippen LogP contribution in [0, 0.1) is 18.6 Å². The summed E-state index contributed by atoms with van der Waals surface area (Å²) < 4.78 is 37.7. The third-order valence-electron chi connectivity index (χ3n) is 6.73. The summed E-state index contributed by atoms with van der Waals surface area (Å²) in [7, 11) is 0. The molecule has 2 atom stereocenters. The maximum atomic E-state index is 16.0. The van der Waals surface area contributed by atoms with E-state index in [1.807, 2.05) is 24.5 Å². The quantitative estimate of drug-likeness (QED) is 0.424. The van der Waals surface area contributed by atoms with E-state index in [0.29, 0.717) is 27.4 Å². The van der Waals surface area contributed by atoms with Gasteiger partial charge in [0.2, 0.25) is 0 Å². The molecule has 4 aromatic rings. The molecule has 1 fully saturated rings. The lowest BCUT2D eigenvalue weighted by Crippen LogP contribution is -2.34. The van der Waals surface area contributed by atoms with E-state index in [4.69, 9.17) is 4.74 Å². The van der Waals surface area contributed by atoms with Crippen molar-refractivity contribution in [3.63, 3.8) is 0 Å². The number of halogens is 2. The Hall–Kier alpha value is -3.26. The Kier molecular flexibility index (Phi) is 4.83. The summed E-state index contributed by atoms with van der Waals surface area (Å²) >= 11 is 0. The lowest BCUT2D eigenvalue weighted by atomic mass is 9.86. The zero-order chi connectivity index (χ0) is 23.7. The van der Waals surface area contributed by atoms with Crippen LogP contribution < -0.4 is 0 Å². The number of hydrogen-bond acceptors (Lipinski definition) is 3. The Morgan fingerprint density at radius 2 is 2.09 bits per heavy atom. The molecule has 33 heavy (non-hydrogen) atoms. The number of nitrogens with zero attached hydrogens (tertiary/aromatic N) is 2. The third kappa shape index (κ3) is 3.15. The van der Waals surface area contributed by atoms with Crippen molar-refractivity contribution < 1.29 is 23.4 Å². The number of H-pyrrole nitrogens is 1. The Labute approximate surface area is 189 Å². The van der Waals surface area contributed by atoms with Gasteiger partial charge in [-0.15, -0.1) is 0 Å². The van der Waals surface area contributed by atoms with Crippen LogP contribution in [0.5, 0.6) is 0 Å². The number of fused-ring (bicyclic) bond motifs is 2. The monoisotopic (exact) mass is 453 g/mol. The topological polar surface area (TPSA) is 80.1 Å². The van der Waals surface area contributed by atoms with Crippen molar-refractivity contribution in [2.45, 2.75) is 51.6 Å². The summed E-state index contributed by atoms with van der Waals surface area (Å²) in [5, 5.41) is 17.5. The Balaban J connectivity index is 1.88. The van der Waals surface area contributed by atoms with Crippen LogP contribution in [0.2, 0.25) is 0 Å². The molecule has 1 unspecified atom stereocenters. The molecule has 2 N–H and O–H groups in total. The smallest absolute Gasteiger partial charge is 0.335 e. The van der Waals surface area contributed by atoms with Gasteiger partial charge < -0.3 is 14.4 Å². The van der Waals surface area contributed by atoms with E-state index >= 15 is 4.39 Å². The first-order valence-corrected chi connectivity index (χ1v) is 11.0. The number of aromatic nitrogens is 3. The summed E-state index contributed by atoms with van der Waals surface area (Å²) in [4.78, 5) is 11.8. The van der Waals surface area contributed by atoms with Crippen molar-refractivity contribution in [2.75, 3.05) is 6.61 Å². The minimum atomic E-state index is -1.34. The molecule has 1 aliphatic heterocycles. The second-order valence-corrected chi connectivity index (χ2v) is 9.39. The van der Waals surface area contributed by atoms with Crippen molar-refractivity contribution in [2.24, 2.45) is 0 Å². The van der Waals surface area contributed by atoms with Gasteiger partial charge in [-0.3, -0.25) is 5.10 Å². The zero-order valence-corrected chi connectivity index (χ0v) is 18.9. The zero-order valence-electron chi connectivity index (χ0n) is 18.9. The van der Waals surface area contributed by atoms with Crippen molar-refractivity contribution in [1.82, 2.24) is 14.8 Å². The van der Waals surface area contributed by atoms with Crippen molar-refractivity contribution in [3.8, 4) is 5.69 Å². The molecule has 0 aliphatic carbocycles. The number of rotatable bonds is 4. The van der Waals surface area contributed by atoms with E-state index in [1.165, 1.54) is 6.07 Å². The number of aromatic amines is 1. The van der Waals surface area contributed by atoms with Gasteiger partial charge in [0.25, 0.3) is 0 Å². The van der Waals surface area contributed by atoms with E-state index < -0.39 is 17.4 Å². The van der Waals surface area contributed by atoms with Crippen LogP contribution in [0.4, 0.5) is 8.78 Å². The highest BCUT2D eigenvalue weighted by molar-refractivity contribution is 6.00. The van der Waals surface area contributed by atoms with Gasteiger partial charge >= 0.3 is 5.97 Å². The number of benzene rings is 2. The maximum absolute atomic E-state index is 16.0. The number of aliphatic carboxylic acids is 1. The molecule has 6 nitrogen and oxygen atoms in total. The number of hydrogen-bond donors (Lipinski definition) is 2. The van der Waals surface area contributed by atoms with Crippen molar-refractivity contribution in [1.29, 1.82) is 0 Å². The van der Waals surface area contributed by atoms with Crippen LogP contribution in [-0.2, 0) is 9.53 Å². The Morgan fingerprint density at radius 3 is 2.73 bits per heavy atom. The largest absolute Gasteiger partial charge is 0.479 e. The van der Waals surface area contributed by atoms with E-state index in [1.54, 1.807) is 32.2 Å². The summed E-state index contributed by atoms with van der Waals surface area (Å²) in [5.41, 5.74) is 2.39. The molecule has 0 spiro atoms. The maximum Gasteiger partial charge on any atom is 0.335 e. The number of carbonyl (C=O) groups is 1. The lowest BCUT2D eigenvalue weighted by Gasteiger charge is -2.19. The SMILES string of the molecule is Cc1cc(-n2c(C(C)C)c(C3CO[C@@](C)(C(=O)O)C3)c3c(F)c4[nH]ncc4cc32)ccc1F. The summed E-state index contributed by atoms with van der Waals surface area (Å²) in [6.07, 6.45) is 1.80. The van der Waals surface area contributed by atoms with E-state index in [9.17, 15) is 14.3 Å². The van der Waals surface area contributed by atoms with Crippen LogP contribution >= 0.6 is 0 Å². The molecule has 0 saturated carbocycles. The highest BCUT2D eigenvalue weighted by Gasteiger charge is 2.45. The van der Waals surface area contributed by atoms with Gasteiger partial charge in [-0.1, -0.05) is 13.8 Å². The minimum absolute atomic E-state index is 0.0229. The van der Waals surface area contributed by atoms with Crippen LogP contribution in [-0.4, -0.2) is 38.0 Å². The number of carboxylic acid groups (broad SMARTS) is 1. The molecule has 0 amide bonds. The molecule has 3 heterocycles. The van der Waals surface area contributed by atoms with E-state index in [2.05, 4.69) is 10.2 Å². The first-order chi connectivity index (χ1) is 15.6. The van der Waals surface area contributed by atoms with Gasteiger partial charge in [-0.05, 0) is 61.6 Å². The average Bonchev–Trinajstić information content (AvgIpc) is 3.46. The van der Waals surface area contributed by atoms with Gasteiger partial charge in [0, 0.05) is 28.1 Å². The fourth-order valence-electron chi connectivity index (χ4n) is 5.08. The van der Waals surface area contributed by atoms with Gasteiger partial charge in [0.15, 0.2) is 11.4 Å². The Morgan fingerprint density at radius 1 is 1.33 bits per heavy atom. The highest BCUT2D eigenvalue weighted by Crippen LogP contribution is 2.46.